The summed E-state index contributed by atoms with van der Waals surface area (Å²) in [5, 5.41) is 2.55. The van der Waals surface area contributed by atoms with E-state index in [1.165, 1.54) is 11.3 Å². The topological polar surface area (TPSA) is 59.2 Å². The Balaban J connectivity index is 2.06. The molecule has 6 heteroatoms. The lowest BCUT2D eigenvalue weighted by molar-refractivity contribution is 0.0780. The average molecular weight is 354 g/mol. The second kappa shape index (κ2) is 6.47. The molecule has 0 aliphatic heterocycles. The number of aromatic nitrogens is 1. The largest absolute Gasteiger partial charge is 0.336 e. The molecule has 1 aromatic carbocycles. The Morgan fingerprint density at radius 2 is 2.10 bits per heavy atom. The van der Waals surface area contributed by atoms with Gasteiger partial charge < -0.3 is 10.6 Å². The Labute approximate surface area is 130 Å². The van der Waals surface area contributed by atoms with Crippen LogP contribution in [-0.2, 0) is 6.54 Å². The molecule has 0 bridgehead atoms. The van der Waals surface area contributed by atoms with E-state index in [2.05, 4.69) is 20.9 Å². The van der Waals surface area contributed by atoms with Gasteiger partial charge >= 0.3 is 0 Å². The van der Waals surface area contributed by atoms with Crippen molar-refractivity contribution in [1.29, 1.82) is 0 Å². The van der Waals surface area contributed by atoms with Gasteiger partial charge in [-0.3, -0.25) is 4.79 Å². The Kier molecular flexibility index (Phi) is 4.91. The van der Waals surface area contributed by atoms with Crippen LogP contribution in [0, 0.1) is 0 Å². The van der Waals surface area contributed by atoms with E-state index in [0.717, 1.165) is 15.0 Å². The fourth-order valence-electron chi connectivity index (χ4n) is 1.73. The number of carbonyl (C=O) groups excluding carboxylic acids is 1. The summed E-state index contributed by atoms with van der Waals surface area (Å²) in [6, 6.07) is 7.76. The number of nitrogens with two attached hydrogens (primary N) is 1. The third-order valence-corrected chi connectivity index (χ3v) is 4.38. The smallest absolute Gasteiger partial charge is 0.273 e. The quantitative estimate of drug-likeness (QED) is 0.917. The first-order chi connectivity index (χ1) is 9.47. The fraction of sp³-hybridized carbons (Fsp3) is 0.286. The van der Waals surface area contributed by atoms with E-state index in [0.29, 0.717) is 12.2 Å². The molecule has 0 spiro atoms. The lowest BCUT2D eigenvalue weighted by atomic mass is 10.2. The number of carbonyl (C=O) groups is 1. The molecule has 2 aromatic rings. The molecule has 1 amide bonds. The standard InChI is InChI=1S/C14H16BrN3OS/c1-9(16)13-17-12(8-20-13)14(19)18(2)7-10-3-5-11(15)6-4-10/h3-6,8-9H,7,16H2,1-2H3. The summed E-state index contributed by atoms with van der Waals surface area (Å²) in [5.41, 5.74) is 7.30. The van der Waals surface area contributed by atoms with Gasteiger partial charge in [0.1, 0.15) is 10.7 Å². The van der Waals surface area contributed by atoms with Crippen LogP contribution in [0.3, 0.4) is 0 Å². The summed E-state index contributed by atoms with van der Waals surface area (Å²) in [4.78, 5) is 18.2. The Hall–Kier alpha value is -1.24. The van der Waals surface area contributed by atoms with Gasteiger partial charge in [0.15, 0.2) is 0 Å². The van der Waals surface area contributed by atoms with Crippen LogP contribution >= 0.6 is 27.3 Å². The van der Waals surface area contributed by atoms with Crippen molar-refractivity contribution in [3.63, 3.8) is 0 Å². The number of hydrogen-bond acceptors (Lipinski definition) is 4. The van der Waals surface area contributed by atoms with Crippen molar-refractivity contribution in [2.75, 3.05) is 7.05 Å². The van der Waals surface area contributed by atoms with Crippen molar-refractivity contribution in [1.82, 2.24) is 9.88 Å². The van der Waals surface area contributed by atoms with Crippen molar-refractivity contribution in [3.8, 4) is 0 Å². The highest BCUT2D eigenvalue weighted by Gasteiger charge is 2.16. The Bertz CT molecular complexity index is 595. The maximum atomic E-state index is 12.3. The summed E-state index contributed by atoms with van der Waals surface area (Å²) < 4.78 is 1.02. The Morgan fingerprint density at radius 1 is 1.45 bits per heavy atom. The van der Waals surface area contributed by atoms with E-state index in [4.69, 9.17) is 5.73 Å². The first kappa shape index (κ1) is 15.2. The molecule has 0 radical (unpaired) electrons. The molecule has 2 N–H and O–H groups in total. The number of amides is 1. The molecule has 1 aromatic heterocycles. The lowest BCUT2D eigenvalue weighted by Crippen LogP contribution is -2.26. The molecule has 0 aliphatic carbocycles. The average Bonchev–Trinajstić information content (AvgIpc) is 2.90. The number of rotatable bonds is 4. The van der Waals surface area contributed by atoms with Crippen molar-refractivity contribution in [3.05, 3.63) is 50.4 Å². The van der Waals surface area contributed by atoms with Gasteiger partial charge in [0.05, 0.1) is 6.04 Å². The van der Waals surface area contributed by atoms with Crippen LogP contribution in [0.25, 0.3) is 0 Å². The molecule has 0 fully saturated rings. The molecule has 4 nitrogen and oxygen atoms in total. The normalized spacial score (nSPS) is 12.2. The van der Waals surface area contributed by atoms with Gasteiger partial charge in [-0.1, -0.05) is 28.1 Å². The van der Waals surface area contributed by atoms with Gasteiger partial charge in [0, 0.05) is 23.4 Å². The molecular formula is C14H16BrN3OS. The fourth-order valence-corrected chi connectivity index (χ4v) is 2.74. The first-order valence-electron chi connectivity index (χ1n) is 6.18. The second-order valence-electron chi connectivity index (χ2n) is 4.65. The molecule has 0 saturated carbocycles. The van der Waals surface area contributed by atoms with E-state index in [1.54, 1.807) is 17.3 Å². The number of benzene rings is 1. The van der Waals surface area contributed by atoms with Crippen LogP contribution in [0.5, 0.6) is 0 Å². The second-order valence-corrected chi connectivity index (χ2v) is 6.45. The molecule has 20 heavy (non-hydrogen) atoms. The molecule has 2 rings (SSSR count). The van der Waals surface area contributed by atoms with E-state index in [1.807, 2.05) is 31.2 Å². The highest BCUT2D eigenvalue weighted by Crippen LogP contribution is 2.18. The third-order valence-electron chi connectivity index (χ3n) is 2.81. The zero-order valence-corrected chi connectivity index (χ0v) is 13.7. The zero-order chi connectivity index (χ0) is 14.7. The minimum absolute atomic E-state index is 0.0870. The van der Waals surface area contributed by atoms with Gasteiger partial charge in [-0.15, -0.1) is 11.3 Å². The molecule has 1 atom stereocenters. The van der Waals surface area contributed by atoms with Crippen molar-refractivity contribution < 1.29 is 4.79 Å². The van der Waals surface area contributed by atoms with Gasteiger partial charge in [-0.2, -0.15) is 0 Å². The van der Waals surface area contributed by atoms with Crippen molar-refractivity contribution in [2.24, 2.45) is 5.73 Å². The SMILES string of the molecule is CC(N)c1nc(C(=O)N(C)Cc2ccc(Br)cc2)cs1. The molecular weight excluding hydrogens is 338 g/mol. The summed E-state index contributed by atoms with van der Waals surface area (Å²) in [5.74, 6) is -0.0870. The minimum Gasteiger partial charge on any atom is -0.336 e. The maximum absolute atomic E-state index is 12.3. The molecule has 1 heterocycles. The minimum atomic E-state index is -0.140. The van der Waals surface area contributed by atoms with Crippen molar-refractivity contribution in [2.45, 2.75) is 19.5 Å². The molecule has 0 saturated heterocycles. The third kappa shape index (κ3) is 3.65. The van der Waals surface area contributed by atoms with E-state index in [-0.39, 0.29) is 11.9 Å². The van der Waals surface area contributed by atoms with E-state index in [9.17, 15) is 4.79 Å². The number of nitrogens with zero attached hydrogens (tertiary/aromatic N) is 2. The zero-order valence-electron chi connectivity index (χ0n) is 11.3. The van der Waals surface area contributed by atoms with Gasteiger partial charge in [-0.25, -0.2) is 4.98 Å². The van der Waals surface area contributed by atoms with Gasteiger partial charge in [-0.05, 0) is 24.6 Å². The van der Waals surface area contributed by atoms with Crippen LogP contribution in [0.4, 0.5) is 0 Å². The van der Waals surface area contributed by atoms with Crippen LogP contribution in [0.1, 0.15) is 34.0 Å². The number of hydrogen-bond donors (Lipinski definition) is 1. The predicted molar refractivity (Wildman–Crippen MR) is 84.7 cm³/mol. The van der Waals surface area contributed by atoms with Crippen LogP contribution < -0.4 is 5.73 Å². The van der Waals surface area contributed by atoms with Crippen LogP contribution in [-0.4, -0.2) is 22.8 Å². The maximum Gasteiger partial charge on any atom is 0.273 e. The van der Waals surface area contributed by atoms with Crippen LogP contribution in [0.2, 0.25) is 0 Å². The summed E-state index contributed by atoms with van der Waals surface area (Å²) in [6.45, 7) is 2.41. The summed E-state index contributed by atoms with van der Waals surface area (Å²) in [7, 11) is 1.77. The molecule has 106 valence electrons. The van der Waals surface area contributed by atoms with E-state index >= 15 is 0 Å². The highest BCUT2D eigenvalue weighted by atomic mass is 79.9. The Morgan fingerprint density at radius 3 is 2.65 bits per heavy atom. The van der Waals surface area contributed by atoms with E-state index < -0.39 is 0 Å². The first-order valence-corrected chi connectivity index (χ1v) is 7.85. The summed E-state index contributed by atoms with van der Waals surface area (Å²) in [6.07, 6.45) is 0. The van der Waals surface area contributed by atoms with Gasteiger partial charge in [0.25, 0.3) is 5.91 Å². The number of thiazole rings is 1. The highest BCUT2D eigenvalue weighted by molar-refractivity contribution is 9.10. The molecule has 0 aliphatic rings. The summed E-state index contributed by atoms with van der Waals surface area (Å²) >= 11 is 4.81. The predicted octanol–water partition coefficient (Wildman–Crippen LogP) is 3.20. The number of halogens is 1. The lowest BCUT2D eigenvalue weighted by Gasteiger charge is -2.16. The van der Waals surface area contributed by atoms with Crippen LogP contribution in [0.15, 0.2) is 34.1 Å². The van der Waals surface area contributed by atoms with Gasteiger partial charge in [0.2, 0.25) is 0 Å². The van der Waals surface area contributed by atoms with Crippen molar-refractivity contribution >= 4 is 33.2 Å². The molecule has 1 unspecified atom stereocenters. The monoisotopic (exact) mass is 353 g/mol.